The van der Waals surface area contributed by atoms with E-state index in [1.165, 1.54) is 0 Å². The number of fused-ring (bicyclic) bond motifs is 1. The van der Waals surface area contributed by atoms with E-state index in [4.69, 9.17) is 11.6 Å². The van der Waals surface area contributed by atoms with Gasteiger partial charge in [-0.15, -0.1) is 11.6 Å². The third kappa shape index (κ3) is 1.68. The zero-order chi connectivity index (χ0) is 12.9. The molecule has 2 heterocycles. The summed E-state index contributed by atoms with van der Waals surface area (Å²) in [5.41, 5.74) is 2.92. The topological polar surface area (TPSA) is 38.1 Å². The summed E-state index contributed by atoms with van der Waals surface area (Å²) in [6.45, 7) is 2.61. The van der Waals surface area contributed by atoms with Crippen molar-refractivity contribution in [2.24, 2.45) is 7.05 Å². The lowest BCUT2D eigenvalue weighted by Gasteiger charge is -2.15. The summed E-state index contributed by atoms with van der Waals surface area (Å²) >= 11 is 6.02. The highest BCUT2D eigenvalue weighted by molar-refractivity contribution is 6.24. The Morgan fingerprint density at radius 3 is 2.89 bits per heavy atom. The van der Waals surface area contributed by atoms with Gasteiger partial charge in [-0.3, -0.25) is 9.48 Å². The Kier molecular flexibility index (Phi) is 2.55. The van der Waals surface area contributed by atoms with E-state index in [0.717, 1.165) is 22.3 Å². The second-order valence-corrected chi connectivity index (χ2v) is 5.33. The van der Waals surface area contributed by atoms with E-state index < -0.39 is 0 Å². The fraction of sp³-hybridized carbons (Fsp3) is 0.385. The van der Waals surface area contributed by atoms with Gasteiger partial charge in [-0.1, -0.05) is 0 Å². The molecule has 1 saturated heterocycles. The van der Waals surface area contributed by atoms with Crippen LogP contribution in [0.2, 0.25) is 0 Å². The number of rotatable bonds is 1. The van der Waals surface area contributed by atoms with Crippen LogP contribution in [0.4, 0.5) is 5.69 Å². The molecule has 1 unspecified atom stereocenters. The number of aromatic nitrogens is 2. The number of alkyl halides is 1. The number of benzene rings is 1. The van der Waals surface area contributed by atoms with Gasteiger partial charge in [0.15, 0.2) is 0 Å². The zero-order valence-electron chi connectivity index (χ0n) is 10.4. The molecule has 1 aromatic heterocycles. The van der Waals surface area contributed by atoms with Gasteiger partial charge in [0, 0.05) is 36.8 Å². The molecular weight excluding hydrogens is 250 g/mol. The maximum absolute atomic E-state index is 11.8. The first-order valence-corrected chi connectivity index (χ1v) is 6.37. The predicted molar refractivity (Wildman–Crippen MR) is 72.1 cm³/mol. The number of carbonyl (C=O) groups excluding carboxylic acids is 1. The van der Waals surface area contributed by atoms with Crippen LogP contribution in [0, 0.1) is 6.92 Å². The van der Waals surface area contributed by atoms with Gasteiger partial charge in [0.1, 0.15) is 0 Å². The van der Waals surface area contributed by atoms with Crippen molar-refractivity contribution < 1.29 is 4.79 Å². The second kappa shape index (κ2) is 3.99. The van der Waals surface area contributed by atoms with E-state index in [0.29, 0.717) is 13.0 Å². The molecule has 0 bridgehead atoms. The van der Waals surface area contributed by atoms with Crippen LogP contribution in [0.5, 0.6) is 0 Å². The smallest absolute Gasteiger partial charge is 0.228 e. The highest BCUT2D eigenvalue weighted by Gasteiger charge is 2.29. The lowest BCUT2D eigenvalue weighted by Crippen LogP contribution is -2.24. The number of halogens is 1. The number of anilines is 1. The van der Waals surface area contributed by atoms with Crippen LogP contribution in [0.1, 0.15) is 12.1 Å². The summed E-state index contributed by atoms with van der Waals surface area (Å²) in [5.74, 6) is 0.0852. The average molecular weight is 264 g/mol. The SMILES string of the molecule is Cc1c2ccc(N3CC(Cl)CC3=O)cc2nn1C. The van der Waals surface area contributed by atoms with Gasteiger partial charge >= 0.3 is 0 Å². The molecule has 1 amide bonds. The van der Waals surface area contributed by atoms with Crippen LogP contribution in [-0.2, 0) is 11.8 Å². The standard InChI is InChI=1S/C13H14ClN3O/c1-8-11-4-3-10(6-12(11)15-16(8)2)17-7-9(14)5-13(17)18/h3-4,6,9H,5,7H2,1-2H3. The van der Waals surface area contributed by atoms with Crippen LogP contribution in [0.25, 0.3) is 10.9 Å². The Labute approximate surface area is 110 Å². The van der Waals surface area contributed by atoms with Gasteiger partial charge in [0.05, 0.1) is 10.9 Å². The normalized spacial score (nSPS) is 20.1. The maximum Gasteiger partial charge on any atom is 0.228 e. The first-order valence-electron chi connectivity index (χ1n) is 5.94. The van der Waals surface area contributed by atoms with E-state index in [1.54, 1.807) is 4.90 Å². The number of hydrogen-bond donors (Lipinski definition) is 0. The molecule has 0 aliphatic carbocycles. The molecule has 18 heavy (non-hydrogen) atoms. The van der Waals surface area contributed by atoms with Crippen molar-refractivity contribution in [3.8, 4) is 0 Å². The van der Waals surface area contributed by atoms with E-state index in [-0.39, 0.29) is 11.3 Å². The third-order valence-electron chi connectivity index (χ3n) is 3.50. The van der Waals surface area contributed by atoms with Crippen molar-refractivity contribution in [1.82, 2.24) is 9.78 Å². The van der Waals surface area contributed by atoms with E-state index in [9.17, 15) is 4.79 Å². The van der Waals surface area contributed by atoms with Gasteiger partial charge in [0.2, 0.25) is 5.91 Å². The van der Waals surface area contributed by atoms with Crippen LogP contribution in [0.15, 0.2) is 18.2 Å². The lowest BCUT2D eigenvalue weighted by atomic mass is 10.2. The minimum atomic E-state index is -0.0846. The number of amides is 1. The fourth-order valence-electron chi connectivity index (χ4n) is 2.40. The first kappa shape index (κ1) is 11.5. The average Bonchev–Trinajstić information content (AvgIpc) is 2.80. The van der Waals surface area contributed by atoms with Gasteiger partial charge in [0.25, 0.3) is 0 Å². The number of aryl methyl sites for hydroxylation is 2. The van der Waals surface area contributed by atoms with Crippen LogP contribution < -0.4 is 4.90 Å². The van der Waals surface area contributed by atoms with Crippen molar-refractivity contribution in [1.29, 1.82) is 0 Å². The summed E-state index contributed by atoms with van der Waals surface area (Å²) < 4.78 is 1.85. The molecule has 0 saturated carbocycles. The van der Waals surface area contributed by atoms with Crippen molar-refractivity contribution in [3.05, 3.63) is 23.9 Å². The van der Waals surface area contributed by atoms with Gasteiger partial charge in [-0.05, 0) is 25.1 Å². The van der Waals surface area contributed by atoms with Crippen molar-refractivity contribution >= 4 is 34.1 Å². The maximum atomic E-state index is 11.8. The quantitative estimate of drug-likeness (QED) is 0.740. The van der Waals surface area contributed by atoms with E-state index in [2.05, 4.69) is 5.10 Å². The van der Waals surface area contributed by atoms with Gasteiger partial charge in [-0.2, -0.15) is 5.10 Å². The molecular formula is C13H14ClN3O. The molecule has 1 aliphatic heterocycles. The molecule has 0 radical (unpaired) electrons. The number of nitrogens with zero attached hydrogens (tertiary/aromatic N) is 3. The minimum absolute atomic E-state index is 0.0846. The number of carbonyl (C=O) groups is 1. The molecule has 1 atom stereocenters. The molecule has 1 aromatic carbocycles. The summed E-state index contributed by atoms with van der Waals surface area (Å²) in [6, 6.07) is 5.93. The summed E-state index contributed by atoms with van der Waals surface area (Å²) in [6.07, 6.45) is 0.417. The molecule has 1 aliphatic rings. The molecule has 1 fully saturated rings. The van der Waals surface area contributed by atoms with Crippen molar-refractivity contribution in [2.45, 2.75) is 18.7 Å². The van der Waals surface area contributed by atoms with E-state index in [1.807, 2.05) is 36.9 Å². The molecule has 3 rings (SSSR count). The molecule has 0 spiro atoms. The highest BCUT2D eigenvalue weighted by Crippen LogP contribution is 2.28. The van der Waals surface area contributed by atoms with Crippen LogP contribution in [-0.4, -0.2) is 27.6 Å². The Balaban J connectivity index is 2.06. The Bertz CT molecular complexity index is 634. The molecule has 0 N–H and O–H groups in total. The summed E-state index contributed by atoms with van der Waals surface area (Å²) in [5, 5.41) is 5.47. The molecule has 94 valence electrons. The third-order valence-corrected chi connectivity index (χ3v) is 3.80. The minimum Gasteiger partial charge on any atom is -0.311 e. The Morgan fingerprint density at radius 2 is 2.22 bits per heavy atom. The monoisotopic (exact) mass is 263 g/mol. The zero-order valence-corrected chi connectivity index (χ0v) is 11.1. The van der Waals surface area contributed by atoms with Crippen LogP contribution >= 0.6 is 11.6 Å². The predicted octanol–water partition coefficient (Wildman–Crippen LogP) is 2.23. The van der Waals surface area contributed by atoms with Gasteiger partial charge in [-0.25, -0.2) is 0 Å². The molecule has 4 nitrogen and oxygen atoms in total. The first-order chi connectivity index (χ1) is 8.56. The lowest BCUT2D eigenvalue weighted by molar-refractivity contribution is -0.117. The highest BCUT2D eigenvalue weighted by atomic mass is 35.5. The van der Waals surface area contributed by atoms with Crippen LogP contribution in [0.3, 0.4) is 0 Å². The molecule has 5 heteroatoms. The van der Waals surface area contributed by atoms with E-state index >= 15 is 0 Å². The number of hydrogen-bond acceptors (Lipinski definition) is 2. The van der Waals surface area contributed by atoms with Gasteiger partial charge < -0.3 is 4.90 Å². The largest absolute Gasteiger partial charge is 0.311 e. The molecule has 2 aromatic rings. The van der Waals surface area contributed by atoms with Crippen molar-refractivity contribution in [3.63, 3.8) is 0 Å². The summed E-state index contributed by atoms with van der Waals surface area (Å²) in [4.78, 5) is 13.5. The fourth-order valence-corrected chi connectivity index (χ4v) is 2.67. The Morgan fingerprint density at radius 1 is 1.44 bits per heavy atom. The summed E-state index contributed by atoms with van der Waals surface area (Å²) in [7, 11) is 1.92. The Hall–Kier alpha value is -1.55. The second-order valence-electron chi connectivity index (χ2n) is 4.72. The van der Waals surface area contributed by atoms with Crippen molar-refractivity contribution in [2.75, 3.05) is 11.4 Å².